The van der Waals surface area contributed by atoms with Crippen LogP contribution >= 0.6 is 0 Å². The fourth-order valence-corrected chi connectivity index (χ4v) is 2.69. The lowest BCUT2D eigenvalue weighted by Gasteiger charge is -2.16. The van der Waals surface area contributed by atoms with Crippen LogP contribution in [0.4, 0.5) is 5.69 Å². The summed E-state index contributed by atoms with van der Waals surface area (Å²) in [5, 5.41) is 11.9. The number of aliphatic hydroxyl groups is 1. The van der Waals surface area contributed by atoms with E-state index < -0.39 is 10.0 Å². The van der Waals surface area contributed by atoms with E-state index in [1.54, 1.807) is 12.1 Å². The molecule has 0 bridgehead atoms. The van der Waals surface area contributed by atoms with Gasteiger partial charge >= 0.3 is 0 Å². The van der Waals surface area contributed by atoms with Gasteiger partial charge in [0, 0.05) is 32.9 Å². The van der Waals surface area contributed by atoms with Crippen LogP contribution in [0.15, 0.2) is 17.0 Å². The third kappa shape index (κ3) is 3.68. The number of aryl methyl sites for hydroxylation is 1. The zero-order chi connectivity index (χ0) is 14.6. The predicted octanol–water partition coefficient (Wildman–Crippen LogP) is 1.35. The molecule has 0 saturated carbocycles. The zero-order valence-corrected chi connectivity index (χ0v) is 12.7. The highest BCUT2D eigenvalue weighted by Crippen LogP contribution is 2.25. The monoisotopic (exact) mass is 286 g/mol. The van der Waals surface area contributed by atoms with E-state index in [0.717, 1.165) is 16.8 Å². The third-order valence-electron chi connectivity index (χ3n) is 3.07. The molecule has 0 radical (unpaired) electrons. The molecule has 1 aromatic rings. The summed E-state index contributed by atoms with van der Waals surface area (Å²) in [5.74, 6) is 0. The first-order valence-electron chi connectivity index (χ1n) is 6.19. The van der Waals surface area contributed by atoms with Gasteiger partial charge in [0.25, 0.3) is 0 Å². The Bertz CT molecular complexity index is 539. The van der Waals surface area contributed by atoms with Crippen LogP contribution in [0.2, 0.25) is 0 Å². The Labute approximate surface area is 115 Å². The van der Waals surface area contributed by atoms with Gasteiger partial charge in [0.15, 0.2) is 0 Å². The number of nitrogens with zero attached hydrogens (tertiary/aromatic N) is 1. The van der Waals surface area contributed by atoms with Gasteiger partial charge in [-0.15, -0.1) is 0 Å². The van der Waals surface area contributed by atoms with Crippen LogP contribution < -0.4 is 5.32 Å². The summed E-state index contributed by atoms with van der Waals surface area (Å²) < 4.78 is 25.5. The summed E-state index contributed by atoms with van der Waals surface area (Å²) >= 11 is 0. The van der Waals surface area contributed by atoms with Crippen molar-refractivity contribution < 1.29 is 13.5 Å². The standard InChI is InChI=1S/C13H22N2O3S/c1-10-8-12(19(17,18)15(3)4)9-13(11(10)2)14-6-5-7-16/h8-9,14,16H,5-7H2,1-4H3. The van der Waals surface area contributed by atoms with E-state index in [1.165, 1.54) is 18.4 Å². The fourth-order valence-electron chi connectivity index (χ4n) is 1.67. The van der Waals surface area contributed by atoms with Crippen LogP contribution in [0.25, 0.3) is 0 Å². The number of hydrogen-bond acceptors (Lipinski definition) is 4. The van der Waals surface area contributed by atoms with Crippen LogP contribution in [-0.2, 0) is 10.0 Å². The van der Waals surface area contributed by atoms with E-state index in [1.807, 2.05) is 13.8 Å². The molecule has 6 heteroatoms. The van der Waals surface area contributed by atoms with Crippen LogP contribution in [0.1, 0.15) is 17.5 Å². The van der Waals surface area contributed by atoms with Crippen molar-refractivity contribution in [3.8, 4) is 0 Å². The number of hydrogen-bond donors (Lipinski definition) is 2. The van der Waals surface area contributed by atoms with E-state index >= 15 is 0 Å². The van der Waals surface area contributed by atoms with Crippen LogP contribution in [0.3, 0.4) is 0 Å². The topological polar surface area (TPSA) is 69.6 Å². The minimum Gasteiger partial charge on any atom is -0.396 e. The van der Waals surface area contributed by atoms with E-state index in [2.05, 4.69) is 5.32 Å². The van der Waals surface area contributed by atoms with E-state index in [9.17, 15) is 8.42 Å². The summed E-state index contributed by atoms with van der Waals surface area (Å²) in [5.41, 5.74) is 2.75. The highest BCUT2D eigenvalue weighted by atomic mass is 32.2. The maximum Gasteiger partial charge on any atom is 0.242 e. The van der Waals surface area contributed by atoms with E-state index in [4.69, 9.17) is 5.11 Å². The molecule has 19 heavy (non-hydrogen) atoms. The van der Waals surface area contributed by atoms with Crippen molar-refractivity contribution in [1.29, 1.82) is 0 Å². The SMILES string of the molecule is Cc1cc(S(=O)(=O)N(C)C)cc(NCCCO)c1C. The van der Waals surface area contributed by atoms with Gasteiger partial charge in [-0.05, 0) is 43.5 Å². The second-order valence-corrected chi connectivity index (χ2v) is 6.86. The Morgan fingerprint density at radius 1 is 1.26 bits per heavy atom. The van der Waals surface area contributed by atoms with Crippen molar-refractivity contribution in [1.82, 2.24) is 4.31 Å². The quantitative estimate of drug-likeness (QED) is 0.775. The van der Waals surface area contributed by atoms with Crippen molar-refractivity contribution >= 4 is 15.7 Å². The number of aliphatic hydroxyl groups excluding tert-OH is 1. The minimum atomic E-state index is -3.43. The molecule has 1 aromatic carbocycles. The number of rotatable bonds is 6. The van der Waals surface area contributed by atoms with Crippen LogP contribution in [0.5, 0.6) is 0 Å². The van der Waals surface area contributed by atoms with Gasteiger partial charge in [0.2, 0.25) is 10.0 Å². The normalized spacial score (nSPS) is 11.9. The molecule has 0 heterocycles. The lowest BCUT2D eigenvalue weighted by atomic mass is 10.1. The minimum absolute atomic E-state index is 0.112. The number of nitrogens with one attached hydrogen (secondary N) is 1. The van der Waals surface area contributed by atoms with Gasteiger partial charge < -0.3 is 10.4 Å². The second kappa shape index (κ2) is 6.36. The zero-order valence-electron chi connectivity index (χ0n) is 11.9. The largest absolute Gasteiger partial charge is 0.396 e. The van der Waals surface area contributed by atoms with E-state index in [-0.39, 0.29) is 11.5 Å². The molecule has 108 valence electrons. The van der Waals surface area contributed by atoms with Gasteiger partial charge in [-0.2, -0.15) is 0 Å². The average molecular weight is 286 g/mol. The lowest BCUT2D eigenvalue weighted by Crippen LogP contribution is -2.22. The molecule has 0 unspecified atom stereocenters. The molecule has 2 N–H and O–H groups in total. The molecule has 0 aliphatic heterocycles. The van der Waals surface area contributed by atoms with Crippen molar-refractivity contribution in [2.45, 2.75) is 25.2 Å². The predicted molar refractivity (Wildman–Crippen MR) is 77.0 cm³/mol. The van der Waals surface area contributed by atoms with Gasteiger partial charge in [-0.25, -0.2) is 12.7 Å². The summed E-state index contributed by atoms with van der Waals surface area (Å²) in [6, 6.07) is 3.33. The number of sulfonamides is 1. The van der Waals surface area contributed by atoms with E-state index in [0.29, 0.717) is 13.0 Å². The van der Waals surface area contributed by atoms with Crippen LogP contribution in [0, 0.1) is 13.8 Å². The highest BCUT2D eigenvalue weighted by molar-refractivity contribution is 7.89. The Kier molecular flexibility index (Phi) is 5.34. The summed E-state index contributed by atoms with van der Waals surface area (Å²) in [6.07, 6.45) is 0.628. The average Bonchev–Trinajstić information content (AvgIpc) is 2.34. The maximum absolute atomic E-state index is 12.1. The Morgan fingerprint density at radius 2 is 1.89 bits per heavy atom. The number of benzene rings is 1. The maximum atomic E-state index is 12.1. The molecule has 0 aliphatic rings. The second-order valence-electron chi connectivity index (χ2n) is 4.70. The van der Waals surface area contributed by atoms with Crippen molar-refractivity contribution in [3.05, 3.63) is 23.3 Å². The van der Waals surface area contributed by atoms with Crippen molar-refractivity contribution in [3.63, 3.8) is 0 Å². The molecule has 0 amide bonds. The first kappa shape index (κ1) is 15.9. The summed E-state index contributed by atoms with van der Waals surface area (Å²) in [7, 11) is -0.391. The third-order valence-corrected chi connectivity index (χ3v) is 4.86. The van der Waals surface area contributed by atoms with Gasteiger partial charge in [-0.3, -0.25) is 0 Å². The molecule has 5 nitrogen and oxygen atoms in total. The van der Waals surface area contributed by atoms with Gasteiger partial charge in [0.05, 0.1) is 4.90 Å². The Morgan fingerprint density at radius 3 is 2.42 bits per heavy atom. The summed E-state index contributed by atoms with van der Waals surface area (Å²) in [4.78, 5) is 0.284. The smallest absolute Gasteiger partial charge is 0.242 e. The van der Waals surface area contributed by atoms with Crippen molar-refractivity contribution in [2.75, 3.05) is 32.6 Å². The molecule has 0 aliphatic carbocycles. The molecule has 1 rings (SSSR count). The van der Waals surface area contributed by atoms with Gasteiger partial charge in [0.1, 0.15) is 0 Å². The first-order valence-corrected chi connectivity index (χ1v) is 7.63. The summed E-state index contributed by atoms with van der Waals surface area (Å²) in [6.45, 7) is 4.56. The Hall–Kier alpha value is -1.11. The molecule has 0 aromatic heterocycles. The number of anilines is 1. The van der Waals surface area contributed by atoms with Crippen molar-refractivity contribution in [2.24, 2.45) is 0 Å². The fraction of sp³-hybridized carbons (Fsp3) is 0.538. The molecule has 0 spiro atoms. The Balaban J connectivity index is 3.17. The highest BCUT2D eigenvalue weighted by Gasteiger charge is 2.19. The lowest BCUT2D eigenvalue weighted by molar-refractivity contribution is 0.292. The molecule has 0 saturated heterocycles. The molecule has 0 atom stereocenters. The molecular weight excluding hydrogens is 264 g/mol. The molecular formula is C13H22N2O3S. The van der Waals surface area contributed by atoms with Crippen LogP contribution in [-0.4, -0.2) is 45.1 Å². The molecule has 0 fully saturated rings. The van der Waals surface area contributed by atoms with Gasteiger partial charge in [-0.1, -0.05) is 0 Å². The first-order chi connectivity index (χ1) is 8.80.